The van der Waals surface area contributed by atoms with E-state index >= 15 is 0 Å². The molecule has 1 aliphatic heterocycles. The zero-order valence-corrected chi connectivity index (χ0v) is 58.9. The van der Waals surface area contributed by atoms with Gasteiger partial charge in [-0.3, -0.25) is 33.6 Å². The summed E-state index contributed by atoms with van der Waals surface area (Å²) in [5.41, 5.74) is 5.19. The van der Waals surface area contributed by atoms with Gasteiger partial charge in [-0.25, -0.2) is 0 Å². The van der Waals surface area contributed by atoms with Crippen LogP contribution in [0.1, 0.15) is 174 Å². The van der Waals surface area contributed by atoms with Gasteiger partial charge < -0.3 is 66.0 Å². The fraction of sp³-hybridized carbons (Fsp3) is 0.781. The standard InChI is InChI=1S/C17H25N3O3S.C13H28N2O2.C9H18O.C8H16N2O2.C7H15NO.C4H11N.C3H8.C2H6.CH3NO/c1-12(16(23-3)15-5-4-10-20(15)11-21)17(22)19-24-14-8-6-13(18-2)7-9-14;1-7-10(3)13(11(8-2)17-6)15(5)12(16)9-14-4;1-3-9(2)7-5-4-6-8-10;1-6(2)7(9-3)8(12)10-4-5-11;1-6(2)7(5-9)8(3)4;1-3-4-5-2;1-3-2;1-2;2-1-3/h6-9,11-12,15-16,18H,4-5,10H2,1-3H3,(H,19,22);10-11,13-14H,7-9H2,1-6H3;8-9H,3-7H2,1-2H3;5-7,9H,4H2,1-3H3,(H,10,12);5-7H,1-4H3;5H,3-4H2,1-2H3;3H2,1-2H3;1-2H3;1H,(H2,2,3). The average molecular weight is 1230 g/mol. The molecule has 2 rings (SSSR count). The number of benzene rings is 1. The molecule has 502 valence electrons. The number of hydrogen-bond acceptors (Lipinski definition) is 16. The Labute approximate surface area is 523 Å². The Balaban J connectivity index is -0.000000177. The molecule has 1 aliphatic rings. The first-order valence-corrected chi connectivity index (χ1v) is 31.9. The van der Waals surface area contributed by atoms with E-state index < -0.39 is 0 Å². The number of aldehydes is 3. The maximum atomic E-state index is 12.5. The Kier molecular flexibility index (Phi) is 74.2. The molecule has 5 amide bonds. The number of carbonyl (C=O) groups is 8. The fourth-order valence-corrected chi connectivity index (χ4v) is 9.01. The van der Waals surface area contributed by atoms with Gasteiger partial charge in [-0.15, -0.1) is 0 Å². The smallest absolute Gasteiger partial charge is 0.237 e. The summed E-state index contributed by atoms with van der Waals surface area (Å²) < 4.78 is 14.0. The third-order valence-electron chi connectivity index (χ3n) is 13.4. The minimum Gasteiger partial charge on any atom is -0.388 e. The van der Waals surface area contributed by atoms with Gasteiger partial charge in [-0.05, 0) is 134 Å². The lowest BCUT2D eigenvalue weighted by molar-refractivity contribution is -0.135. The van der Waals surface area contributed by atoms with Crippen molar-refractivity contribution in [3.63, 3.8) is 0 Å². The summed E-state index contributed by atoms with van der Waals surface area (Å²) in [4.78, 5) is 92.1. The number of likely N-dealkylation sites (tertiary alicyclic amines) is 1. The molecule has 0 aromatic heterocycles. The second kappa shape index (κ2) is 67.0. The Morgan fingerprint density at radius 1 is 0.776 bits per heavy atom. The van der Waals surface area contributed by atoms with Crippen molar-refractivity contribution in [2.45, 2.75) is 216 Å². The number of ether oxygens (including phenoxy) is 2. The van der Waals surface area contributed by atoms with Crippen molar-refractivity contribution < 1.29 is 47.8 Å². The van der Waals surface area contributed by atoms with Crippen molar-refractivity contribution in [3.05, 3.63) is 24.3 Å². The first-order chi connectivity index (χ1) is 40.4. The second-order valence-corrected chi connectivity index (χ2v) is 22.0. The molecule has 20 nitrogen and oxygen atoms in total. The van der Waals surface area contributed by atoms with Crippen LogP contribution in [0, 0.1) is 29.6 Å². The molecule has 0 bridgehead atoms. The zero-order valence-electron chi connectivity index (χ0n) is 58.1. The molecule has 0 radical (unpaired) electrons. The number of rotatable bonds is 32. The van der Waals surface area contributed by atoms with Gasteiger partial charge in [0.15, 0.2) is 0 Å². The third-order valence-corrected chi connectivity index (χ3v) is 14.2. The molecule has 0 saturated carbocycles. The van der Waals surface area contributed by atoms with E-state index in [1.165, 1.54) is 44.1 Å². The highest BCUT2D eigenvalue weighted by atomic mass is 32.2. The van der Waals surface area contributed by atoms with E-state index in [0.29, 0.717) is 24.7 Å². The van der Waals surface area contributed by atoms with Gasteiger partial charge in [0.1, 0.15) is 18.9 Å². The van der Waals surface area contributed by atoms with E-state index in [1.54, 1.807) is 33.2 Å². The largest absolute Gasteiger partial charge is 0.388 e. The van der Waals surface area contributed by atoms with Crippen LogP contribution in [0.5, 0.6) is 0 Å². The lowest BCUT2D eigenvalue weighted by Crippen LogP contribution is -2.50. The lowest BCUT2D eigenvalue weighted by atomic mass is 9.91. The Bertz CT molecular complexity index is 1690. The van der Waals surface area contributed by atoms with Gasteiger partial charge >= 0.3 is 0 Å². The highest BCUT2D eigenvalue weighted by molar-refractivity contribution is 7.98. The van der Waals surface area contributed by atoms with E-state index in [1.807, 2.05) is 118 Å². The molecule has 1 aromatic carbocycles. The highest BCUT2D eigenvalue weighted by Gasteiger charge is 2.37. The van der Waals surface area contributed by atoms with E-state index in [4.69, 9.17) is 14.3 Å². The Morgan fingerprint density at radius 3 is 1.68 bits per heavy atom. The minimum absolute atomic E-state index is 0.0341. The van der Waals surface area contributed by atoms with Crippen LogP contribution in [0.25, 0.3) is 0 Å². The molecule has 0 aliphatic carbocycles. The lowest BCUT2D eigenvalue weighted by Gasteiger charge is -2.37. The molecule has 85 heavy (non-hydrogen) atoms. The van der Waals surface area contributed by atoms with Gasteiger partial charge in [0.25, 0.3) is 0 Å². The molecular weight excluding hydrogens is 1100 g/mol. The molecule has 1 fully saturated rings. The number of primary amides is 1. The zero-order chi connectivity index (χ0) is 67.3. The van der Waals surface area contributed by atoms with Gasteiger partial charge in [-0.1, -0.05) is 136 Å². The van der Waals surface area contributed by atoms with Gasteiger partial charge in [0, 0.05) is 51.9 Å². The van der Waals surface area contributed by atoms with Crippen LogP contribution in [0.3, 0.4) is 0 Å². The Morgan fingerprint density at radius 2 is 1.34 bits per heavy atom. The van der Waals surface area contributed by atoms with Crippen molar-refractivity contribution in [1.82, 2.24) is 40.7 Å². The maximum absolute atomic E-state index is 12.5. The summed E-state index contributed by atoms with van der Waals surface area (Å²) in [5, 5.41) is 14.4. The van der Waals surface area contributed by atoms with Crippen LogP contribution in [-0.2, 0) is 47.8 Å². The van der Waals surface area contributed by atoms with Crippen LogP contribution in [0.15, 0.2) is 29.2 Å². The van der Waals surface area contributed by atoms with Crippen molar-refractivity contribution in [1.29, 1.82) is 0 Å². The molecule has 1 saturated heterocycles. The SMILES string of the molecule is CC.CC(C)C(C=O)N(C)C.CCC.CCC(C)C(C(CC)OC)N(C)C(=O)CNC.CCC(C)CCCCC=O.CCCNC.CNC(C(=O)NCC=O)C(C)C.CNc1ccc(SNC(=O)C(C)C(OC)C2CCCN2C=O)cc1.NC=O. The van der Waals surface area contributed by atoms with Crippen LogP contribution < -0.4 is 37.0 Å². The first-order valence-electron chi connectivity index (χ1n) is 31.1. The van der Waals surface area contributed by atoms with Crippen LogP contribution in [0.4, 0.5) is 5.69 Å². The molecule has 1 aromatic rings. The number of nitrogens with one attached hydrogen (secondary N) is 6. The molecule has 0 spiro atoms. The van der Waals surface area contributed by atoms with Crippen LogP contribution in [-0.4, -0.2) is 190 Å². The van der Waals surface area contributed by atoms with Gasteiger partial charge in [0.05, 0.1) is 55.4 Å². The number of carbonyl (C=O) groups excluding carboxylic acids is 8. The summed E-state index contributed by atoms with van der Waals surface area (Å²) in [5.74, 6) is 1.47. The quantitative estimate of drug-likeness (QED) is 0.0202. The second-order valence-electron chi connectivity index (χ2n) is 21.1. The topological polar surface area (TPSA) is 263 Å². The van der Waals surface area contributed by atoms with E-state index in [2.05, 4.69) is 92.4 Å². The first kappa shape index (κ1) is 94.2. The molecular formula is C64H130N10O10S. The van der Waals surface area contributed by atoms with Gasteiger partial charge in [-0.2, -0.15) is 0 Å². The molecule has 9 atom stereocenters. The third kappa shape index (κ3) is 50.2. The number of methoxy groups -OCH3 is 2. The van der Waals surface area contributed by atoms with E-state index in [0.717, 1.165) is 87.1 Å². The predicted molar refractivity (Wildman–Crippen MR) is 358 cm³/mol. The fourth-order valence-electron chi connectivity index (χ4n) is 8.33. The van der Waals surface area contributed by atoms with Crippen LogP contribution >= 0.6 is 11.9 Å². The molecule has 9 unspecified atom stereocenters. The number of hydrogen-bond donors (Lipinski definition) is 7. The van der Waals surface area contributed by atoms with Crippen LogP contribution in [0.2, 0.25) is 0 Å². The molecule has 21 heteroatoms. The highest BCUT2D eigenvalue weighted by Crippen LogP contribution is 2.26. The number of nitrogens with zero attached hydrogens (tertiary/aromatic N) is 3. The molecule has 8 N–H and O–H groups in total. The van der Waals surface area contributed by atoms with Crippen molar-refractivity contribution in [3.8, 4) is 0 Å². The maximum Gasteiger partial charge on any atom is 0.237 e. The molecule has 1 heterocycles. The van der Waals surface area contributed by atoms with Gasteiger partial charge in [0.2, 0.25) is 30.5 Å². The average Bonchev–Trinajstić information content (AvgIpc) is 4.19. The summed E-state index contributed by atoms with van der Waals surface area (Å²) in [6, 6.07) is 7.77. The number of anilines is 1. The summed E-state index contributed by atoms with van der Waals surface area (Å²) in [7, 11) is 16.4. The normalized spacial score (nSPS) is 14.6. The monoisotopic (exact) mass is 1230 g/mol. The van der Waals surface area contributed by atoms with E-state index in [9.17, 15) is 33.6 Å². The van der Waals surface area contributed by atoms with Crippen molar-refractivity contribution in [2.75, 3.05) is 95.0 Å². The number of likely N-dealkylation sites (N-methyl/N-ethyl adjacent to an activating group) is 4. The Hall–Kier alpha value is -4.51. The number of unbranched alkanes of at least 4 members (excludes halogenated alkanes) is 2. The predicted octanol–water partition coefficient (Wildman–Crippen LogP) is 8.90. The number of amides is 5. The number of nitrogens with two attached hydrogens (primary N) is 1. The summed E-state index contributed by atoms with van der Waals surface area (Å²) in [6.07, 6.45) is 15.4. The van der Waals surface area contributed by atoms with Crippen molar-refractivity contribution >= 4 is 67.0 Å². The summed E-state index contributed by atoms with van der Waals surface area (Å²) >= 11 is 1.29. The van der Waals surface area contributed by atoms with Crippen molar-refractivity contribution in [2.24, 2.45) is 35.3 Å². The summed E-state index contributed by atoms with van der Waals surface area (Å²) in [6.45, 7) is 33.5. The minimum atomic E-state index is -0.343. The van der Waals surface area contributed by atoms with E-state index in [-0.39, 0.29) is 78.9 Å².